The average Bonchev–Trinajstić information content (AvgIpc) is 2.56. The van der Waals surface area contributed by atoms with Gasteiger partial charge in [0.05, 0.1) is 6.04 Å². The quantitative estimate of drug-likeness (QED) is 0.912. The van der Waals surface area contributed by atoms with E-state index in [0.29, 0.717) is 0 Å². The lowest BCUT2D eigenvalue weighted by Crippen LogP contribution is -2.44. The van der Waals surface area contributed by atoms with Crippen molar-refractivity contribution in [1.29, 1.82) is 0 Å². The molecular formula is C19H22N2O. The highest BCUT2D eigenvalue weighted by molar-refractivity contribution is 5.96. The van der Waals surface area contributed by atoms with Gasteiger partial charge >= 0.3 is 0 Å². The van der Waals surface area contributed by atoms with Crippen LogP contribution in [0, 0.1) is 6.92 Å². The van der Waals surface area contributed by atoms with Crippen molar-refractivity contribution >= 4 is 11.6 Å². The van der Waals surface area contributed by atoms with Gasteiger partial charge < -0.3 is 10.6 Å². The third kappa shape index (κ3) is 2.90. The SMILES string of the molecule is CCc1cccc(C)c1NC(=O)C1Cc2ccccc2CN1. The Morgan fingerprint density at radius 3 is 2.73 bits per heavy atom. The monoisotopic (exact) mass is 294 g/mol. The summed E-state index contributed by atoms with van der Waals surface area (Å²) in [7, 11) is 0. The van der Waals surface area contributed by atoms with Gasteiger partial charge in [0.2, 0.25) is 5.91 Å². The van der Waals surface area contributed by atoms with Gasteiger partial charge in [0.15, 0.2) is 0 Å². The molecule has 3 heteroatoms. The Labute approximate surface area is 131 Å². The molecule has 114 valence electrons. The first-order valence-corrected chi connectivity index (χ1v) is 7.88. The number of nitrogens with one attached hydrogen (secondary N) is 2. The first kappa shape index (κ1) is 14.8. The van der Waals surface area contributed by atoms with E-state index in [1.165, 1.54) is 16.7 Å². The maximum absolute atomic E-state index is 12.6. The van der Waals surface area contributed by atoms with Crippen LogP contribution in [0.3, 0.4) is 0 Å². The highest BCUT2D eigenvalue weighted by atomic mass is 16.2. The molecule has 1 amide bonds. The Balaban J connectivity index is 1.77. The van der Waals surface area contributed by atoms with Gasteiger partial charge in [-0.05, 0) is 42.0 Å². The molecule has 0 saturated carbocycles. The van der Waals surface area contributed by atoms with Crippen LogP contribution >= 0.6 is 0 Å². The van der Waals surface area contributed by atoms with E-state index in [2.05, 4.69) is 35.8 Å². The second-order valence-corrected chi connectivity index (χ2v) is 5.86. The summed E-state index contributed by atoms with van der Waals surface area (Å²) in [6.07, 6.45) is 1.66. The fraction of sp³-hybridized carbons (Fsp3) is 0.316. The number of hydrogen-bond acceptors (Lipinski definition) is 2. The van der Waals surface area contributed by atoms with Crippen LogP contribution in [0.1, 0.15) is 29.2 Å². The molecule has 0 spiro atoms. The predicted molar refractivity (Wildman–Crippen MR) is 90.0 cm³/mol. The minimum atomic E-state index is -0.167. The second kappa shape index (κ2) is 6.32. The van der Waals surface area contributed by atoms with Gasteiger partial charge in [-0.15, -0.1) is 0 Å². The second-order valence-electron chi connectivity index (χ2n) is 5.86. The van der Waals surface area contributed by atoms with E-state index in [1.807, 2.05) is 31.2 Å². The molecule has 1 unspecified atom stereocenters. The summed E-state index contributed by atoms with van der Waals surface area (Å²) in [6, 6.07) is 14.3. The number of hydrogen-bond donors (Lipinski definition) is 2. The predicted octanol–water partition coefficient (Wildman–Crippen LogP) is 3.21. The smallest absolute Gasteiger partial charge is 0.241 e. The van der Waals surface area contributed by atoms with E-state index in [9.17, 15) is 4.79 Å². The van der Waals surface area contributed by atoms with E-state index in [0.717, 1.165) is 30.6 Å². The normalized spacial score (nSPS) is 16.9. The van der Waals surface area contributed by atoms with Crippen LogP contribution in [0.2, 0.25) is 0 Å². The van der Waals surface area contributed by atoms with E-state index < -0.39 is 0 Å². The van der Waals surface area contributed by atoms with Crippen LogP contribution in [0.5, 0.6) is 0 Å². The van der Waals surface area contributed by atoms with Gasteiger partial charge in [0.25, 0.3) is 0 Å². The Hall–Kier alpha value is -2.13. The molecule has 2 aromatic rings. The number of rotatable bonds is 3. The number of anilines is 1. The van der Waals surface area contributed by atoms with Crippen LogP contribution in [-0.4, -0.2) is 11.9 Å². The lowest BCUT2D eigenvalue weighted by atomic mass is 9.95. The van der Waals surface area contributed by atoms with Gasteiger partial charge in [-0.25, -0.2) is 0 Å². The molecule has 1 atom stereocenters. The third-order valence-electron chi connectivity index (χ3n) is 4.39. The number of benzene rings is 2. The van der Waals surface area contributed by atoms with Crippen molar-refractivity contribution in [1.82, 2.24) is 5.32 Å². The molecule has 0 bridgehead atoms. The highest BCUT2D eigenvalue weighted by Crippen LogP contribution is 2.22. The molecule has 2 N–H and O–H groups in total. The maximum atomic E-state index is 12.6. The van der Waals surface area contributed by atoms with Gasteiger partial charge in [-0.1, -0.05) is 49.4 Å². The molecule has 1 heterocycles. The lowest BCUT2D eigenvalue weighted by molar-refractivity contribution is -0.118. The maximum Gasteiger partial charge on any atom is 0.241 e. The highest BCUT2D eigenvalue weighted by Gasteiger charge is 2.24. The Bertz CT molecular complexity index is 694. The number of carbonyl (C=O) groups excluding carboxylic acids is 1. The number of fused-ring (bicyclic) bond motifs is 1. The number of carbonyl (C=O) groups is 1. The van der Waals surface area contributed by atoms with Gasteiger partial charge in [-0.2, -0.15) is 0 Å². The largest absolute Gasteiger partial charge is 0.324 e. The minimum absolute atomic E-state index is 0.0542. The zero-order chi connectivity index (χ0) is 15.5. The topological polar surface area (TPSA) is 41.1 Å². The van der Waals surface area contributed by atoms with Crippen molar-refractivity contribution in [3.8, 4) is 0 Å². The van der Waals surface area contributed by atoms with Crippen LogP contribution < -0.4 is 10.6 Å². The molecule has 1 aliphatic rings. The molecule has 0 aromatic heterocycles. The summed E-state index contributed by atoms with van der Waals surface area (Å²) in [5, 5.41) is 6.47. The summed E-state index contributed by atoms with van der Waals surface area (Å²) >= 11 is 0. The summed E-state index contributed by atoms with van der Waals surface area (Å²) in [5.41, 5.74) is 5.82. The molecule has 0 radical (unpaired) electrons. The molecule has 0 aliphatic carbocycles. The third-order valence-corrected chi connectivity index (χ3v) is 4.39. The Morgan fingerprint density at radius 2 is 1.95 bits per heavy atom. The standard InChI is InChI=1S/C19H22N2O/c1-3-14-10-6-7-13(2)18(14)21-19(22)17-11-15-8-4-5-9-16(15)12-20-17/h4-10,17,20H,3,11-12H2,1-2H3,(H,21,22). The van der Waals surface area contributed by atoms with Gasteiger partial charge in [0.1, 0.15) is 0 Å². The lowest BCUT2D eigenvalue weighted by Gasteiger charge is -2.26. The molecule has 0 saturated heterocycles. The fourth-order valence-electron chi connectivity index (χ4n) is 3.05. The molecule has 3 nitrogen and oxygen atoms in total. The Kier molecular flexibility index (Phi) is 4.25. The van der Waals surface area contributed by atoms with Crippen molar-refractivity contribution in [3.05, 3.63) is 64.7 Å². The summed E-state index contributed by atoms with van der Waals surface area (Å²) in [6.45, 7) is 4.90. The molecule has 3 rings (SSSR count). The molecule has 0 fully saturated rings. The minimum Gasteiger partial charge on any atom is -0.324 e. The van der Waals surface area contributed by atoms with Gasteiger partial charge in [0, 0.05) is 12.2 Å². The zero-order valence-electron chi connectivity index (χ0n) is 13.1. The van der Waals surface area contributed by atoms with E-state index in [-0.39, 0.29) is 11.9 Å². The average molecular weight is 294 g/mol. The van der Waals surface area contributed by atoms with Crippen LogP contribution in [0.25, 0.3) is 0 Å². The first-order chi connectivity index (χ1) is 10.7. The van der Waals surface area contributed by atoms with E-state index in [1.54, 1.807) is 0 Å². The molecule has 2 aromatic carbocycles. The Morgan fingerprint density at radius 1 is 1.18 bits per heavy atom. The van der Waals surface area contributed by atoms with Crippen molar-refractivity contribution in [2.24, 2.45) is 0 Å². The van der Waals surface area contributed by atoms with E-state index >= 15 is 0 Å². The number of aryl methyl sites for hydroxylation is 2. The van der Waals surface area contributed by atoms with Gasteiger partial charge in [-0.3, -0.25) is 4.79 Å². The zero-order valence-corrected chi connectivity index (χ0v) is 13.1. The van der Waals surface area contributed by atoms with Crippen molar-refractivity contribution in [3.63, 3.8) is 0 Å². The summed E-state index contributed by atoms with van der Waals surface area (Å²) in [5.74, 6) is 0.0542. The first-order valence-electron chi connectivity index (χ1n) is 7.88. The number of para-hydroxylation sites is 1. The number of amides is 1. The van der Waals surface area contributed by atoms with Crippen molar-refractivity contribution < 1.29 is 4.79 Å². The van der Waals surface area contributed by atoms with E-state index in [4.69, 9.17) is 0 Å². The molecular weight excluding hydrogens is 272 g/mol. The van der Waals surface area contributed by atoms with Crippen LogP contribution in [0.4, 0.5) is 5.69 Å². The van der Waals surface area contributed by atoms with Crippen LogP contribution in [0.15, 0.2) is 42.5 Å². The molecule has 22 heavy (non-hydrogen) atoms. The fourth-order valence-corrected chi connectivity index (χ4v) is 3.05. The van der Waals surface area contributed by atoms with Crippen molar-refractivity contribution in [2.75, 3.05) is 5.32 Å². The van der Waals surface area contributed by atoms with Crippen molar-refractivity contribution in [2.45, 2.75) is 39.3 Å². The summed E-state index contributed by atoms with van der Waals surface area (Å²) in [4.78, 5) is 12.6. The summed E-state index contributed by atoms with van der Waals surface area (Å²) < 4.78 is 0. The van der Waals surface area contributed by atoms with Crippen LogP contribution in [-0.2, 0) is 24.2 Å². The molecule has 1 aliphatic heterocycles.